The molecule has 1 atom stereocenters. The number of aromatic nitrogens is 1. The van der Waals surface area contributed by atoms with Gasteiger partial charge in [-0.3, -0.25) is 10.1 Å². The first-order valence-electron chi connectivity index (χ1n) is 5.85. The highest BCUT2D eigenvalue weighted by molar-refractivity contribution is 7.16. The molecule has 1 saturated heterocycles. The number of aliphatic hydroxyl groups excluding tert-OH is 1. The Morgan fingerprint density at radius 1 is 1.63 bits per heavy atom. The van der Waals surface area contributed by atoms with Crippen molar-refractivity contribution in [2.24, 2.45) is 0 Å². The third kappa shape index (κ3) is 4.29. The normalized spacial score (nSPS) is 18.5. The van der Waals surface area contributed by atoms with Crippen molar-refractivity contribution in [1.82, 2.24) is 4.98 Å². The van der Waals surface area contributed by atoms with Gasteiger partial charge in [0.25, 0.3) is 5.91 Å². The molecule has 1 aliphatic heterocycles. The van der Waals surface area contributed by atoms with Crippen LogP contribution < -0.4 is 5.32 Å². The van der Waals surface area contributed by atoms with Crippen LogP contribution >= 0.6 is 11.3 Å². The SMILES string of the molecule is O=C(Nc1ncc(C#CCCO)s1)C1COCCO1. The molecule has 2 N–H and O–H groups in total. The number of hydrogen-bond acceptors (Lipinski definition) is 6. The molecule has 1 fully saturated rings. The standard InChI is InChI=1S/C12H14N2O4S/c15-4-2-1-3-9-7-13-12(19-9)14-11(16)10-8-17-5-6-18-10/h7,10,15H,2,4-6,8H2,(H,13,14,16). The van der Waals surface area contributed by atoms with Crippen molar-refractivity contribution in [1.29, 1.82) is 0 Å². The number of amides is 1. The van der Waals surface area contributed by atoms with Crippen LogP contribution in [-0.2, 0) is 14.3 Å². The summed E-state index contributed by atoms with van der Waals surface area (Å²) in [6, 6.07) is 0. The van der Waals surface area contributed by atoms with Gasteiger partial charge in [-0.15, -0.1) is 0 Å². The Morgan fingerprint density at radius 3 is 3.26 bits per heavy atom. The smallest absolute Gasteiger partial charge is 0.257 e. The van der Waals surface area contributed by atoms with E-state index in [-0.39, 0.29) is 19.1 Å². The van der Waals surface area contributed by atoms with Crippen LogP contribution in [0.2, 0.25) is 0 Å². The largest absolute Gasteiger partial charge is 0.395 e. The van der Waals surface area contributed by atoms with E-state index in [2.05, 4.69) is 22.1 Å². The first-order chi connectivity index (χ1) is 9.29. The molecule has 2 heterocycles. The second-order valence-corrected chi connectivity index (χ2v) is 4.76. The molecule has 0 aliphatic carbocycles. The molecule has 1 amide bonds. The van der Waals surface area contributed by atoms with Crippen LogP contribution in [0.1, 0.15) is 11.3 Å². The topological polar surface area (TPSA) is 80.7 Å². The molecule has 0 aromatic carbocycles. The van der Waals surface area contributed by atoms with Gasteiger partial charge in [0.1, 0.15) is 0 Å². The molecule has 6 nitrogen and oxygen atoms in total. The summed E-state index contributed by atoms with van der Waals surface area (Å²) in [5.41, 5.74) is 0. The minimum atomic E-state index is -0.582. The van der Waals surface area contributed by atoms with E-state index >= 15 is 0 Å². The maximum Gasteiger partial charge on any atom is 0.257 e. The summed E-state index contributed by atoms with van der Waals surface area (Å²) >= 11 is 1.28. The fourth-order valence-corrected chi connectivity index (χ4v) is 2.11. The Morgan fingerprint density at radius 2 is 2.53 bits per heavy atom. The van der Waals surface area contributed by atoms with Crippen molar-refractivity contribution >= 4 is 22.4 Å². The average molecular weight is 282 g/mol. The number of hydrogen-bond donors (Lipinski definition) is 2. The second-order valence-electron chi connectivity index (χ2n) is 3.73. The van der Waals surface area contributed by atoms with E-state index in [0.29, 0.717) is 24.8 Å². The number of nitrogens with one attached hydrogen (secondary N) is 1. The average Bonchev–Trinajstić information content (AvgIpc) is 2.88. The Bertz CT molecular complexity index is 485. The predicted octanol–water partition coefficient (Wildman–Crippen LogP) is 0.231. The Hall–Kier alpha value is -1.46. The summed E-state index contributed by atoms with van der Waals surface area (Å²) < 4.78 is 10.4. The van der Waals surface area contributed by atoms with E-state index in [1.54, 1.807) is 6.20 Å². The lowest BCUT2D eigenvalue weighted by Gasteiger charge is -2.21. The molecule has 1 aromatic heterocycles. The van der Waals surface area contributed by atoms with Gasteiger partial charge in [0.15, 0.2) is 11.2 Å². The van der Waals surface area contributed by atoms with Crippen molar-refractivity contribution < 1.29 is 19.4 Å². The summed E-state index contributed by atoms with van der Waals surface area (Å²) in [6.45, 7) is 1.24. The summed E-state index contributed by atoms with van der Waals surface area (Å²) in [6.07, 6.45) is 1.43. The summed E-state index contributed by atoms with van der Waals surface area (Å²) in [5, 5.41) is 11.8. The second kappa shape index (κ2) is 7.21. The molecular formula is C12H14N2O4S. The van der Waals surface area contributed by atoms with Crippen molar-refractivity contribution in [3.8, 4) is 11.8 Å². The predicted molar refractivity (Wildman–Crippen MR) is 69.9 cm³/mol. The number of anilines is 1. The Balaban J connectivity index is 1.89. The quantitative estimate of drug-likeness (QED) is 0.776. The molecular weight excluding hydrogens is 268 g/mol. The van der Waals surface area contributed by atoms with Gasteiger partial charge in [-0.1, -0.05) is 23.2 Å². The minimum Gasteiger partial charge on any atom is -0.395 e. The summed E-state index contributed by atoms with van der Waals surface area (Å²) in [7, 11) is 0. The lowest BCUT2D eigenvalue weighted by molar-refractivity contribution is -0.142. The van der Waals surface area contributed by atoms with Gasteiger partial charge in [-0.25, -0.2) is 4.98 Å². The third-order valence-corrected chi connectivity index (χ3v) is 3.12. The highest BCUT2D eigenvalue weighted by atomic mass is 32.1. The van der Waals surface area contributed by atoms with Gasteiger partial charge in [0.2, 0.25) is 0 Å². The number of ether oxygens (including phenoxy) is 2. The molecule has 1 aliphatic rings. The van der Waals surface area contributed by atoms with Crippen molar-refractivity contribution in [3.63, 3.8) is 0 Å². The monoisotopic (exact) mass is 282 g/mol. The number of carbonyl (C=O) groups excluding carboxylic acids is 1. The van der Waals surface area contributed by atoms with Crippen LogP contribution in [0.4, 0.5) is 5.13 Å². The number of thiazole rings is 1. The Kier molecular flexibility index (Phi) is 5.30. The summed E-state index contributed by atoms with van der Waals surface area (Å²) in [4.78, 5) is 16.6. The van der Waals surface area contributed by atoms with E-state index in [9.17, 15) is 4.79 Å². The zero-order chi connectivity index (χ0) is 13.5. The number of nitrogens with zero attached hydrogens (tertiary/aromatic N) is 1. The first-order valence-corrected chi connectivity index (χ1v) is 6.67. The van der Waals surface area contributed by atoms with Crippen molar-refractivity contribution in [2.75, 3.05) is 31.7 Å². The molecule has 102 valence electrons. The lowest BCUT2D eigenvalue weighted by atomic mass is 10.3. The molecule has 0 spiro atoms. The van der Waals surface area contributed by atoms with E-state index in [1.165, 1.54) is 11.3 Å². The first kappa shape index (κ1) is 14.0. The van der Waals surface area contributed by atoms with Gasteiger partial charge >= 0.3 is 0 Å². The highest BCUT2D eigenvalue weighted by Crippen LogP contribution is 2.17. The lowest BCUT2D eigenvalue weighted by Crippen LogP contribution is -2.39. The Labute approximate surface area is 114 Å². The number of carbonyl (C=O) groups is 1. The number of aliphatic hydroxyl groups is 1. The fraction of sp³-hybridized carbons (Fsp3) is 0.500. The molecule has 7 heteroatoms. The van der Waals surface area contributed by atoms with E-state index in [0.717, 1.165) is 4.88 Å². The van der Waals surface area contributed by atoms with Crippen LogP contribution in [0, 0.1) is 11.8 Å². The molecule has 0 bridgehead atoms. The zero-order valence-electron chi connectivity index (χ0n) is 10.2. The minimum absolute atomic E-state index is 0.0361. The van der Waals surface area contributed by atoms with Gasteiger partial charge in [0.05, 0.1) is 37.5 Å². The molecule has 0 saturated carbocycles. The van der Waals surface area contributed by atoms with Gasteiger partial charge < -0.3 is 14.6 Å². The van der Waals surface area contributed by atoms with Gasteiger partial charge in [-0.2, -0.15) is 0 Å². The van der Waals surface area contributed by atoms with Crippen molar-refractivity contribution in [3.05, 3.63) is 11.1 Å². The van der Waals surface area contributed by atoms with Crippen LogP contribution in [-0.4, -0.2) is 48.5 Å². The maximum absolute atomic E-state index is 11.8. The van der Waals surface area contributed by atoms with E-state index < -0.39 is 6.10 Å². The van der Waals surface area contributed by atoms with Crippen LogP contribution in [0.5, 0.6) is 0 Å². The van der Waals surface area contributed by atoms with Crippen LogP contribution in [0.3, 0.4) is 0 Å². The maximum atomic E-state index is 11.8. The zero-order valence-corrected chi connectivity index (χ0v) is 11.0. The van der Waals surface area contributed by atoms with E-state index in [4.69, 9.17) is 14.6 Å². The van der Waals surface area contributed by atoms with Crippen LogP contribution in [0.25, 0.3) is 0 Å². The third-order valence-electron chi connectivity index (χ3n) is 2.29. The van der Waals surface area contributed by atoms with Gasteiger partial charge in [0, 0.05) is 6.42 Å². The number of rotatable bonds is 3. The molecule has 19 heavy (non-hydrogen) atoms. The molecule has 1 unspecified atom stereocenters. The molecule has 1 aromatic rings. The van der Waals surface area contributed by atoms with Gasteiger partial charge in [-0.05, 0) is 0 Å². The van der Waals surface area contributed by atoms with Crippen LogP contribution in [0.15, 0.2) is 6.20 Å². The van der Waals surface area contributed by atoms with Crippen molar-refractivity contribution in [2.45, 2.75) is 12.5 Å². The highest BCUT2D eigenvalue weighted by Gasteiger charge is 2.23. The fourth-order valence-electron chi connectivity index (χ4n) is 1.42. The molecule has 0 radical (unpaired) electrons. The molecule has 2 rings (SSSR count). The summed E-state index contributed by atoms with van der Waals surface area (Å²) in [5.74, 6) is 5.39. The van der Waals surface area contributed by atoms with E-state index in [1.807, 2.05) is 0 Å².